The molecule has 0 aliphatic carbocycles. The third-order valence-corrected chi connectivity index (χ3v) is 11.7. The zero-order valence-corrected chi connectivity index (χ0v) is 30.4. The highest BCUT2D eigenvalue weighted by Crippen LogP contribution is 2.60. The molecule has 2 atom stereocenters. The number of nitrogens with zero attached hydrogens (tertiary/aromatic N) is 3. The summed E-state index contributed by atoms with van der Waals surface area (Å²) < 4.78 is 13.4. The molecule has 1 amide bonds. The smallest absolute Gasteiger partial charge is 0.340 e. The highest BCUT2D eigenvalue weighted by atomic mass is 35.5. The Morgan fingerprint density at radius 3 is 2.43 bits per heavy atom. The Hall–Kier alpha value is -4.69. The predicted molar refractivity (Wildman–Crippen MR) is 200 cm³/mol. The second kappa shape index (κ2) is 12.5. The van der Waals surface area contributed by atoms with Gasteiger partial charge in [-0.25, -0.2) is 4.79 Å². The minimum Gasteiger partial charge on any atom is -0.508 e. The molecule has 4 aromatic rings. The van der Waals surface area contributed by atoms with Crippen molar-refractivity contribution < 1.29 is 24.2 Å². The first-order valence-corrected chi connectivity index (χ1v) is 18.5. The number of aromatic hydroxyl groups is 1. The summed E-state index contributed by atoms with van der Waals surface area (Å²) in [5.41, 5.74) is 5.07. The topological polar surface area (TPSA) is 82.6 Å². The van der Waals surface area contributed by atoms with E-state index in [-0.39, 0.29) is 23.1 Å². The Kier molecular flexibility index (Phi) is 8.21. The van der Waals surface area contributed by atoms with Crippen molar-refractivity contribution in [1.82, 2.24) is 4.90 Å². The van der Waals surface area contributed by atoms with Crippen molar-refractivity contribution in [2.75, 3.05) is 36.5 Å². The molecule has 4 aliphatic rings. The summed E-state index contributed by atoms with van der Waals surface area (Å²) in [6.07, 6.45) is 5.60. The van der Waals surface area contributed by atoms with Crippen LogP contribution < -0.4 is 14.5 Å². The number of phenolic OH excluding ortho intramolecular Hbond substituents is 1. The zero-order chi connectivity index (χ0) is 35.7. The Balaban J connectivity index is 1.23. The van der Waals surface area contributed by atoms with Crippen LogP contribution in [0.5, 0.6) is 17.2 Å². The first-order chi connectivity index (χ1) is 24.5. The number of esters is 1. The van der Waals surface area contributed by atoms with Gasteiger partial charge in [0.1, 0.15) is 17.2 Å². The van der Waals surface area contributed by atoms with Gasteiger partial charge in [-0.1, -0.05) is 36.7 Å². The van der Waals surface area contributed by atoms with E-state index in [0.29, 0.717) is 39.8 Å². The molecule has 4 aromatic carbocycles. The third-order valence-electron chi connectivity index (χ3n) is 11.4. The molecule has 264 valence electrons. The van der Waals surface area contributed by atoms with Gasteiger partial charge < -0.3 is 29.3 Å². The number of piperidine rings is 1. The third kappa shape index (κ3) is 5.50. The molecule has 8 rings (SSSR count). The second-order valence-electron chi connectivity index (χ2n) is 15.1. The number of rotatable bonds is 6. The van der Waals surface area contributed by atoms with E-state index in [1.807, 2.05) is 65.4 Å². The van der Waals surface area contributed by atoms with Crippen LogP contribution in [0.1, 0.15) is 97.8 Å². The van der Waals surface area contributed by atoms with Gasteiger partial charge in [0.2, 0.25) is 5.91 Å². The van der Waals surface area contributed by atoms with Crippen molar-refractivity contribution in [1.29, 1.82) is 0 Å². The van der Waals surface area contributed by atoms with Crippen LogP contribution in [0.3, 0.4) is 0 Å². The summed E-state index contributed by atoms with van der Waals surface area (Å²) >= 11 is 7.08. The monoisotopic (exact) mass is 705 g/mol. The number of fused-ring (bicyclic) bond motifs is 7. The number of ether oxygens (including phenoxy) is 2. The Morgan fingerprint density at radius 2 is 1.67 bits per heavy atom. The molecule has 9 heteroatoms. The molecule has 0 saturated carbocycles. The van der Waals surface area contributed by atoms with Crippen LogP contribution in [-0.4, -0.2) is 54.1 Å². The van der Waals surface area contributed by atoms with Crippen LogP contribution in [0.4, 0.5) is 17.1 Å². The van der Waals surface area contributed by atoms with Crippen molar-refractivity contribution in [3.8, 4) is 17.2 Å². The fourth-order valence-corrected chi connectivity index (χ4v) is 9.13. The zero-order valence-electron chi connectivity index (χ0n) is 29.7. The highest BCUT2D eigenvalue weighted by molar-refractivity contribution is 6.33. The fourth-order valence-electron chi connectivity index (χ4n) is 8.84. The number of benzene rings is 4. The Morgan fingerprint density at radius 1 is 0.961 bits per heavy atom. The standard InChI is InChI=1S/C42H44ClN3O5/c1-26-25-41(2,3)46(20-10-13-39(48)45-18-8-5-9-19-45)35-23-37-32(21-30(26)35)42(31-12-7-6-11-29(31)40(49)51-42)33-22-34(43)36(24-38(33)50-37)44(4)27-14-16-28(47)17-15-27/h6-7,11-12,14-17,21-24,26,47H,5,8-10,13,18-20,25H2,1-4H3. The molecule has 1 fully saturated rings. The van der Waals surface area contributed by atoms with Crippen LogP contribution >= 0.6 is 11.6 Å². The Bertz CT molecular complexity index is 2040. The molecular weight excluding hydrogens is 662 g/mol. The van der Waals surface area contributed by atoms with E-state index in [1.54, 1.807) is 12.1 Å². The number of halogens is 1. The summed E-state index contributed by atoms with van der Waals surface area (Å²) in [5, 5.41) is 10.4. The van der Waals surface area contributed by atoms with Gasteiger partial charge in [-0.2, -0.15) is 0 Å². The van der Waals surface area contributed by atoms with Crippen LogP contribution in [0.25, 0.3) is 0 Å². The fraction of sp³-hybridized carbons (Fsp3) is 0.381. The van der Waals surface area contributed by atoms with E-state index in [1.165, 1.54) is 6.42 Å². The van der Waals surface area contributed by atoms with E-state index in [9.17, 15) is 14.7 Å². The second-order valence-corrected chi connectivity index (χ2v) is 15.5. The van der Waals surface area contributed by atoms with Gasteiger partial charge in [-0.15, -0.1) is 0 Å². The number of carbonyl (C=O) groups is 2. The summed E-state index contributed by atoms with van der Waals surface area (Å²) in [4.78, 5) is 33.2. The highest BCUT2D eigenvalue weighted by Gasteiger charge is 2.54. The van der Waals surface area contributed by atoms with E-state index >= 15 is 0 Å². The van der Waals surface area contributed by atoms with E-state index in [0.717, 1.165) is 73.4 Å². The van der Waals surface area contributed by atoms with Gasteiger partial charge >= 0.3 is 5.97 Å². The van der Waals surface area contributed by atoms with Crippen LogP contribution in [0.15, 0.2) is 72.8 Å². The average molecular weight is 706 g/mol. The lowest BCUT2D eigenvalue weighted by Crippen LogP contribution is -2.49. The number of phenols is 1. The summed E-state index contributed by atoms with van der Waals surface area (Å²) in [6, 6.07) is 22.5. The molecule has 2 unspecified atom stereocenters. The number of anilines is 3. The molecule has 0 aromatic heterocycles. The van der Waals surface area contributed by atoms with E-state index < -0.39 is 11.6 Å². The lowest BCUT2D eigenvalue weighted by Gasteiger charge is -2.49. The van der Waals surface area contributed by atoms with Gasteiger partial charge in [0.05, 0.1) is 16.3 Å². The SMILES string of the molecule is CC1CC(C)(C)N(CCCC(=O)N2CCCCC2)c2cc3c(cc21)C1(OC(=O)c2ccccc21)c1cc(Cl)c(N(C)c2ccc(O)cc2)cc1O3. The number of hydrogen-bond donors (Lipinski definition) is 1. The van der Waals surface area contributed by atoms with Crippen molar-refractivity contribution in [3.63, 3.8) is 0 Å². The van der Waals surface area contributed by atoms with Crippen LogP contribution in [0, 0.1) is 0 Å². The lowest BCUT2D eigenvalue weighted by atomic mass is 9.74. The minimum absolute atomic E-state index is 0.154. The van der Waals surface area contributed by atoms with Gasteiger partial charge in [0.15, 0.2) is 5.60 Å². The molecule has 1 saturated heterocycles. The summed E-state index contributed by atoms with van der Waals surface area (Å²) in [7, 11) is 1.91. The van der Waals surface area contributed by atoms with Crippen molar-refractivity contribution in [2.24, 2.45) is 0 Å². The van der Waals surface area contributed by atoms with Gasteiger partial charge in [-0.05, 0) is 99.9 Å². The quantitative estimate of drug-likeness (QED) is 0.200. The first-order valence-electron chi connectivity index (χ1n) is 18.1. The molecule has 1 spiro atoms. The molecule has 0 bridgehead atoms. The minimum atomic E-state index is -1.26. The number of likely N-dealkylation sites (tertiary alicyclic amines) is 1. The van der Waals surface area contributed by atoms with Gasteiger partial charge in [0, 0.05) is 78.8 Å². The van der Waals surface area contributed by atoms with Crippen LogP contribution in [-0.2, 0) is 15.1 Å². The predicted octanol–water partition coefficient (Wildman–Crippen LogP) is 9.27. The van der Waals surface area contributed by atoms with Crippen molar-refractivity contribution >= 4 is 40.5 Å². The molecule has 4 aliphatic heterocycles. The normalized spacial score (nSPS) is 21.3. The maximum atomic E-state index is 13.6. The largest absolute Gasteiger partial charge is 0.508 e. The summed E-state index contributed by atoms with van der Waals surface area (Å²) in [6.45, 7) is 9.28. The maximum Gasteiger partial charge on any atom is 0.340 e. The van der Waals surface area contributed by atoms with Gasteiger partial charge in [-0.3, -0.25) is 4.79 Å². The lowest BCUT2D eigenvalue weighted by molar-refractivity contribution is -0.132. The molecular formula is C42H44ClN3O5. The Labute approximate surface area is 304 Å². The summed E-state index contributed by atoms with van der Waals surface area (Å²) in [5.74, 6) is 1.42. The molecule has 4 heterocycles. The van der Waals surface area contributed by atoms with Crippen molar-refractivity contribution in [2.45, 2.75) is 76.4 Å². The molecule has 0 radical (unpaired) electrons. The van der Waals surface area contributed by atoms with Gasteiger partial charge in [0.25, 0.3) is 0 Å². The van der Waals surface area contributed by atoms with E-state index in [2.05, 4.69) is 37.8 Å². The van der Waals surface area contributed by atoms with Crippen molar-refractivity contribution in [3.05, 3.63) is 106 Å². The van der Waals surface area contributed by atoms with E-state index in [4.69, 9.17) is 21.1 Å². The van der Waals surface area contributed by atoms with Crippen LogP contribution in [0.2, 0.25) is 5.02 Å². The molecule has 1 N–H and O–H groups in total. The molecule has 51 heavy (non-hydrogen) atoms. The number of carbonyl (C=O) groups excluding carboxylic acids is 2. The molecule has 8 nitrogen and oxygen atoms in total. The maximum absolute atomic E-state index is 13.6. The number of amides is 1. The first kappa shape index (κ1) is 33.5. The average Bonchev–Trinajstić information content (AvgIpc) is 3.41. The number of hydrogen-bond acceptors (Lipinski definition) is 7.